The molecular weight excluding hydrogens is 436 g/mol. The number of fused-ring (bicyclic) bond motifs is 2. The Labute approximate surface area is 195 Å². The lowest BCUT2D eigenvalue weighted by atomic mass is 10.1. The molecule has 1 aliphatic rings. The van der Waals surface area contributed by atoms with Gasteiger partial charge in [0.05, 0.1) is 48.8 Å². The summed E-state index contributed by atoms with van der Waals surface area (Å²) in [6, 6.07) is 11.7. The van der Waals surface area contributed by atoms with Crippen LogP contribution in [-0.2, 0) is 9.47 Å². The first-order valence-electron chi connectivity index (χ1n) is 10.9. The third kappa shape index (κ3) is 4.58. The van der Waals surface area contributed by atoms with Crippen LogP contribution in [0.15, 0.2) is 42.7 Å². The van der Waals surface area contributed by atoms with E-state index in [4.69, 9.17) is 18.9 Å². The standard InChI is InChI=1S/C24H24N6O4/c1-31-21-9-18-20(10-22(21)32-5-4-26-14-23-33-6-7-34-23)27-12-16(11-25)24(18)29-17-3-2-15-13-28-30-19(15)8-17/h2-3,8-10,12-13,23,26H,4-7,14H2,1H3,(H,27,29)(H,28,30). The monoisotopic (exact) mass is 460 g/mol. The molecule has 0 amide bonds. The predicted molar refractivity (Wildman–Crippen MR) is 126 cm³/mol. The molecule has 2 aromatic carbocycles. The van der Waals surface area contributed by atoms with Gasteiger partial charge in [0.15, 0.2) is 17.8 Å². The largest absolute Gasteiger partial charge is 0.493 e. The van der Waals surface area contributed by atoms with E-state index < -0.39 is 0 Å². The molecule has 3 N–H and O–H groups in total. The summed E-state index contributed by atoms with van der Waals surface area (Å²) in [6.07, 6.45) is 3.12. The Morgan fingerprint density at radius 2 is 2.06 bits per heavy atom. The van der Waals surface area contributed by atoms with Crippen molar-refractivity contribution in [2.75, 3.05) is 45.3 Å². The molecule has 1 fully saturated rings. The van der Waals surface area contributed by atoms with E-state index in [0.717, 1.165) is 22.0 Å². The van der Waals surface area contributed by atoms with Gasteiger partial charge >= 0.3 is 0 Å². The Balaban J connectivity index is 1.37. The molecule has 5 rings (SSSR count). The van der Waals surface area contributed by atoms with Gasteiger partial charge in [-0.15, -0.1) is 0 Å². The Bertz CT molecular complexity index is 1340. The maximum absolute atomic E-state index is 9.69. The average molecular weight is 460 g/mol. The number of aromatic nitrogens is 3. The molecule has 10 nitrogen and oxygen atoms in total. The van der Waals surface area contributed by atoms with E-state index in [9.17, 15) is 5.26 Å². The quantitative estimate of drug-likeness (QED) is 0.323. The van der Waals surface area contributed by atoms with E-state index in [0.29, 0.717) is 61.2 Å². The van der Waals surface area contributed by atoms with E-state index in [1.807, 2.05) is 30.3 Å². The van der Waals surface area contributed by atoms with Crippen LogP contribution in [-0.4, -0.2) is 61.5 Å². The number of benzene rings is 2. The highest BCUT2D eigenvalue weighted by molar-refractivity contribution is 5.98. The van der Waals surface area contributed by atoms with Gasteiger partial charge in [-0.1, -0.05) is 0 Å². The van der Waals surface area contributed by atoms with Crippen molar-refractivity contribution in [3.63, 3.8) is 0 Å². The van der Waals surface area contributed by atoms with Crippen molar-refractivity contribution in [2.45, 2.75) is 6.29 Å². The third-order valence-electron chi connectivity index (χ3n) is 5.52. The third-order valence-corrected chi connectivity index (χ3v) is 5.52. The van der Waals surface area contributed by atoms with Crippen molar-refractivity contribution >= 4 is 33.2 Å². The molecule has 174 valence electrons. The summed E-state index contributed by atoms with van der Waals surface area (Å²) >= 11 is 0. The fourth-order valence-corrected chi connectivity index (χ4v) is 3.83. The van der Waals surface area contributed by atoms with Crippen LogP contribution in [0.25, 0.3) is 21.8 Å². The summed E-state index contributed by atoms with van der Waals surface area (Å²) in [4.78, 5) is 4.47. The van der Waals surface area contributed by atoms with E-state index >= 15 is 0 Å². The van der Waals surface area contributed by atoms with Gasteiger partial charge in [0.1, 0.15) is 12.7 Å². The number of H-pyrrole nitrogens is 1. The van der Waals surface area contributed by atoms with Crippen molar-refractivity contribution in [2.24, 2.45) is 0 Å². The molecule has 1 saturated heterocycles. The second kappa shape index (κ2) is 9.93. The van der Waals surface area contributed by atoms with Crippen molar-refractivity contribution in [3.05, 3.63) is 48.3 Å². The van der Waals surface area contributed by atoms with Crippen LogP contribution in [0.1, 0.15) is 5.56 Å². The number of anilines is 2. The van der Waals surface area contributed by atoms with Crippen LogP contribution in [0, 0.1) is 11.3 Å². The SMILES string of the molecule is COc1cc2c(Nc3ccc4cn[nH]c4c3)c(C#N)cnc2cc1OCCNCC1OCCO1. The average Bonchev–Trinajstić information content (AvgIpc) is 3.55. The smallest absolute Gasteiger partial charge is 0.170 e. The molecule has 34 heavy (non-hydrogen) atoms. The van der Waals surface area contributed by atoms with Gasteiger partial charge in [-0.2, -0.15) is 10.4 Å². The van der Waals surface area contributed by atoms with E-state index in [1.165, 1.54) is 0 Å². The van der Waals surface area contributed by atoms with Gasteiger partial charge < -0.3 is 29.6 Å². The van der Waals surface area contributed by atoms with Crippen LogP contribution in [0.2, 0.25) is 0 Å². The summed E-state index contributed by atoms with van der Waals surface area (Å²) in [5.41, 5.74) is 3.47. The van der Waals surface area contributed by atoms with Gasteiger partial charge in [0.2, 0.25) is 0 Å². The topological polar surface area (TPSA) is 126 Å². The molecular formula is C24H24N6O4. The first-order chi connectivity index (χ1) is 16.7. The maximum atomic E-state index is 9.69. The molecule has 10 heteroatoms. The summed E-state index contributed by atoms with van der Waals surface area (Å²) in [6.45, 7) is 2.92. The number of methoxy groups -OCH3 is 1. The van der Waals surface area contributed by atoms with Crippen molar-refractivity contribution in [1.29, 1.82) is 5.26 Å². The molecule has 0 radical (unpaired) electrons. The first kappa shape index (κ1) is 21.9. The summed E-state index contributed by atoms with van der Waals surface area (Å²) in [5, 5.41) is 25.1. The second-order valence-electron chi connectivity index (χ2n) is 7.70. The van der Waals surface area contributed by atoms with Crippen molar-refractivity contribution < 1.29 is 18.9 Å². The molecule has 0 bridgehead atoms. The minimum atomic E-state index is -0.200. The Morgan fingerprint density at radius 1 is 1.18 bits per heavy atom. The summed E-state index contributed by atoms with van der Waals surface area (Å²) in [5.74, 6) is 1.13. The summed E-state index contributed by atoms with van der Waals surface area (Å²) in [7, 11) is 1.59. The van der Waals surface area contributed by atoms with Gasteiger partial charge in [0, 0.05) is 41.8 Å². The number of pyridine rings is 1. The number of nitriles is 1. The molecule has 0 aliphatic carbocycles. The minimum Gasteiger partial charge on any atom is -0.493 e. The lowest BCUT2D eigenvalue weighted by molar-refractivity contribution is -0.0391. The molecule has 0 spiro atoms. The van der Waals surface area contributed by atoms with Crippen LogP contribution in [0.5, 0.6) is 11.5 Å². The fraction of sp³-hybridized carbons (Fsp3) is 0.292. The minimum absolute atomic E-state index is 0.200. The Morgan fingerprint density at radius 3 is 2.88 bits per heavy atom. The first-order valence-corrected chi connectivity index (χ1v) is 10.9. The molecule has 4 aromatic rings. The number of hydrogen-bond donors (Lipinski definition) is 3. The van der Waals surface area contributed by atoms with Gasteiger partial charge in [0.25, 0.3) is 0 Å². The number of nitrogens with zero attached hydrogens (tertiary/aromatic N) is 3. The highest BCUT2D eigenvalue weighted by Gasteiger charge is 2.16. The molecule has 1 aliphatic heterocycles. The Kier molecular flexibility index (Phi) is 6.40. The van der Waals surface area contributed by atoms with E-state index in [1.54, 1.807) is 19.5 Å². The van der Waals surface area contributed by atoms with Gasteiger partial charge in [-0.3, -0.25) is 10.1 Å². The van der Waals surface area contributed by atoms with Crippen molar-refractivity contribution in [3.8, 4) is 17.6 Å². The zero-order chi connectivity index (χ0) is 23.3. The molecule has 3 heterocycles. The van der Waals surface area contributed by atoms with Gasteiger partial charge in [-0.25, -0.2) is 0 Å². The second-order valence-corrected chi connectivity index (χ2v) is 7.70. The number of hydrogen-bond acceptors (Lipinski definition) is 9. The van der Waals surface area contributed by atoms with Crippen LogP contribution < -0.4 is 20.1 Å². The summed E-state index contributed by atoms with van der Waals surface area (Å²) < 4.78 is 22.3. The van der Waals surface area contributed by atoms with E-state index in [2.05, 4.69) is 31.9 Å². The highest BCUT2D eigenvalue weighted by Crippen LogP contribution is 2.37. The molecule has 2 aromatic heterocycles. The lowest BCUT2D eigenvalue weighted by Gasteiger charge is -2.16. The zero-order valence-electron chi connectivity index (χ0n) is 18.6. The molecule has 0 unspecified atom stereocenters. The fourth-order valence-electron chi connectivity index (χ4n) is 3.83. The number of aromatic amines is 1. The number of ether oxygens (including phenoxy) is 4. The van der Waals surface area contributed by atoms with Crippen LogP contribution in [0.4, 0.5) is 11.4 Å². The Hall–Kier alpha value is -3.91. The highest BCUT2D eigenvalue weighted by atomic mass is 16.7. The normalized spacial score (nSPS) is 13.9. The van der Waals surface area contributed by atoms with Crippen LogP contribution in [0.3, 0.4) is 0 Å². The number of rotatable bonds is 9. The molecule has 0 saturated carbocycles. The number of nitrogens with one attached hydrogen (secondary N) is 3. The van der Waals surface area contributed by atoms with Gasteiger partial charge in [-0.05, 0) is 24.3 Å². The zero-order valence-corrected chi connectivity index (χ0v) is 18.6. The van der Waals surface area contributed by atoms with Crippen LogP contribution >= 0.6 is 0 Å². The molecule has 0 atom stereocenters. The lowest BCUT2D eigenvalue weighted by Crippen LogP contribution is -2.30. The van der Waals surface area contributed by atoms with Crippen molar-refractivity contribution in [1.82, 2.24) is 20.5 Å². The predicted octanol–water partition coefficient (Wildman–Crippen LogP) is 3.08. The maximum Gasteiger partial charge on any atom is 0.170 e. The van der Waals surface area contributed by atoms with E-state index in [-0.39, 0.29) is 6.29 Å².